The maximum Gasteiger partial charge on any atom is 0.282 e. The van der Waals surface area contributed by atoms with Crippen LogP contribution >= 0.6 is 15.9 Å². The fourth-order valence-electron chi connectivity index (χ4n) is 3.58. The van der Waals surface area contributed by atoms with Gasteiger partial charge in [-0.25, -0.2) is 9.37 Å². The fourth-order valence-corrected chi connectivity index (χ4v) is 3.95. The lowest BCUT2D eigenvalue weighted by Gasteiger charge is -2.15. The Morgan fingerprint density at radius 3 is 2.66 bits per heavy atom. The predicted molar refractivity (Wildman–Crippen MR) is 139 cm³/mol. The lowest BCUT2D eigenvalue weighted by molar-refractivity contribution is 0.284. The van der Waals surface area contributed by atoms with Crippen LogP contribution in [0.4, 0.5) is 4.39 Å². The van der Waals surface area contributed by atoms with E-state index in [0.29, 0.717) is 33.8 Å². The average molecular weight is 538 g/mol. The van der Waals surface area contributed by atoms with Gasteiger partial charge in [0.25, 0.3) is 5.56 Å². The molecule has 0 aliphatic heterocycles. The highest BCUT2D eigenvalue weighted by Gasteiger charge is 2.16. The van der Waals surface area contributed by atoms with Gasteiger partial charge in [0.05, 0.1) is 24.2 Å². The first-order valence-corrected chi connectivity index (χ1v) is 12.0. The van der Waals surface area contributed by atoms with Crippen LogP contribution in [0.2, 0.25) is 0 Å². The molecule has 1 aromatic heterocycles. The third kappa shape index (κ3) is 5.43. The molecule has 6 nitrogen and oxygen atoms in total. The van der Waals surface area contributed by atoms with Crippen LogP contribution in [0, 0.1) is 5.82 Å². The standard InChI is InChI=1S/C27H25BrFN3O3/c1-4-17(2)26-31-23-13-10-20(28)14-22(23)27(33)32(26)30-15-19-6-5-7-24(34-3)25(19)35-16-18-8-11-21(29)12-9-18/h5-15,17H,4,16H2,1-3H3/t17-/m1/s1. The summed E-state index contributed by atoms with van der Waals surface area (Å²) < 4.78 is 26.9. The molecule has 0 saturated carbocycles. The van der Waals surface area contributed by atoms with Gasteiger partial charge >= 0.3 is 0 Å². The van der Waals surface area contributed by atoms with Crippen LogP contribution in [0.15, 0.2) is 75.0 Å². The minimum absolute atomic E-state index is 0.0207. The summed E-state index contributed by atoms with van der Waals surface area (Å²) >= 11 is 3.43. The molecule has 0 spiro atoms. The van der Waals surface area contributed by atoms with Crippen molar-refractivity contribution in [2.75, 3.05) is 7.11 Å². The summed E-state index contributed by atoms with van der Waals surface area (Å²) in [6.07, 6.45) is 2.37. The second-order valence-corrected chi connectivity index (χ2v) is 9.01. The van der Waals surface area contributed by atoms with Crippen molar-refractivity contribution in [2.24, 2.45) is 5.10 Å². The SMILES string of the molecule is CC[C@@H](C)c1nc2ccc(Br)cc2c(=O)n1N=Cc1cccc(OC)c1OCc1ccc(F)cc1. The highest BCUT2D eigenvalue weighted by atomic mass is 79.9. The predicted octanol–water partition coefficient (Wildman–Crippen LogP) is 6.28. The van der Waals surface area contributed by atoms with Crippen LogP contribution in [0.5, 0.6) is 11.5 Å². The van der Waals surface area contributed by atoms with Gasteiger partial charge in [0, 0.05) is 16.0 Å². The zero-order valence-electron chi connectivity index (χ0n) is 19.7. The minimum atomic E-state index is -0.308. The Kier molecular flexibility index (Phi) is 7.60. The Bertz CT molecular complexity index is 1430. The van der Waals surface area contributed by atoms with Gasteiger partial charge in [0.1, 0.15) is 18.2 Å². The zero-order chi connectivity index (χ0) is 24.9. The molecule has 0 unspecified atom stereocenters. The van der Waals surface area contributed by atoms with Crippen LogP contribution < -0.4 is 15.0 Å². The number of nitrogens with zero attached hydrogens (tertiary/aromatic N) is 3. The molecular formula is C27H25BrFN3O3. The molecule has 0 bridgehead atoms. The lowest BCUT2D eigenvalue weighted by atomic mass is 10.1. The number of hydrogen-bond acceptors (Lipinski definition) is 5. The highest BCUT2D eigenvalue weighted by molar-refractivity contribution is 9.10. The average Bonchev–Trinajstić information content (AvgIpc) is 2.87. The van der Waals surface area contributed by atoms with Crippen molar-refractivity contribution < 1.29 is 13.9 Å². The number of aromatic nitrogens is 2. The van der Waals surface area contributed by atoms with Gasteiger partial charge in [-0.3, -0.25) is 4.79 Å². The van der Waals surface area contributed by atoms with Gasteiger partial charge in [0.2, 0.25) is 0 Å². The van der Waals surface area contributed by atoms with Crippen molar-refractivity contribution in [3.05, 3.63) is 98.3 Å². The van der Waals surface area contributed by atoms with Crippen LogP contribution in [0.1, 0.15) is 43.1 Å². The number of para-hydroxylation sites is 1. The number of ether oxygens (including phenoxy) is 2. The van der Waals surface area contributed by atoms with Crippen molar-refractivity contribution in [3.8, 4) is 11.5 Å². The van der Waals surface area contributed by atoms with Crippen LogP contribution in [-0.4, -0.2) is 23.0 Å². The summed E-state index contributed by atoms with van der Waals surface area (Å²) in [5.74, 6) is 1.29. The van der Waals surface area contributed by atoms with Crippen molar-refractivity contribution in [3.63, 3.8) is 0 Å². The molecule has 4 aromatic rings. The van der Waals surface area contributed by atoms with E-state index in [1.807, 2.05) is 38.1 Å². The van der Waals surface area contributed by atoms with Gasteiger partial charge in [-0.1, -0.05) is 48.0 Å². The monoisotopic (exact) mass is 537 g/mol. The molecule has 0 saturated heterocycles. The summed E-state index contributed by atoms with van der Waals surface area (Å²) in [4.78, 5) is 18.1. The number of fused-ring (bicyclic) bond motifs is 1. The Balaban J connectivity index is 1.76. The molecule has 0 radical (unpaired) electrons. The van der Waals surface area contributed by atoms with E-state index in [-0.39, 0.29) is 23.9 Å². The van der Waals surface area contributed by atoms with Gasteiger partial charge in [-0.15, -0.1) is 0 Å². The maximum absolute atomic E-state index is 13.4. The molecule has 0 aliphatic rings. The lowest BCUT2D eigenvalue weighted by Crippen LogP contribution is -2.23. The molecule has 0 N–H and O–H groups in total. The maximum atomic E-state index is 13.4. The van der Waals surface area contributed by atoms with Gasteiger partial charge in [-0.05, 0) is 54.4 Å². The number of benzene rings is 3. The third-order valence-electron chi connectivity index (χ3n) is 5.72. The Labute approximate surface area is 211 Å². The minimum Gasteiger partial charge on any atom is -0.493 e. The smallest absolute Gasteiger partial charge is 0.282 e. The van der Waals surface area contributed by atoms with Gasteiger partial charge in [0.15, 0.2) is 11.5 Å². The molecule has 3 aromatic carbocycles. The van der Waals surface area contributed by atoms with E-state index in [4.69, 9.17) is 14.5 Å². The summed E-state index contributed by atoms with van der Waals surface area (Å²) in [7, 11) is 1.55. The molecule has 0 fully saturated rings. The largest absolute Gasteiger partial charge is 0.493 e. The van der Waals surface area contributed by atoms with E-state index in [1.165, 1.54) is 16.8 Å². The van der Waals surface area contributed by atoms with E-state index in [1.54, 1.807) is 37.6 Å². The molecule has 4 rings (SSSR count). The zero-order valence-corrected chi connectivity index (χ0v) is 21.3. The van der Waals surface area contributed by atoms with Crippen LogP contribution in [-0.2, 0) is 6.61 Å². The van der Waals surface area contributed by atoms with E-state index < -0.39 is 0 Å². The first kappa shape index (κ1) is 24.6. The Morgan fingerprint density at radius 1 is 1.17 bits per heavy atom. The molecule has 8 heteroatoms. The second kappa shape index (κ2) is 10.8. The van der Waals surface area contributed by atoms with E-state index in [2.05, 4.69) is 21.0 Å². The first-order chi connectivity index (χ1) is 16.9. The quantitative estimate of drug-likeness (QED) is 0.248. The number of halogens is 2. The molecule has 1 atom stereocenters. The molecule has 35 heavy (non-hydrogen) atoms. The van der Waals surface area contributed by atoms with Crippen molar-refractivity contribution in [2.45, 2.75) is 32.8 Å². The van der Waals surface area contributed by atoms with E-state index >= 15 is 0 Å². The Morgan fingerprint density at radius 2 is 1.94 bits per heavy atom. The summed E-state index contributed by atoms with van der Waals surface area (Å²) in [5, 5.41) is 5.02. The van der Waals surface area contributed by atoms with Crippen LogP contribution in [0.25, 0.3) is 10.9 Å². The molecule has 0 aliphatic carbocycles. The number of rotatable bonds is 8. The summed E-state index contributed by atoms with van der Waals surface area (Å²) in [6, 6.07) is 17.0. The summed E-state index contributed by atoms with van der Waals surface area (Å²) in [5.41, 5.74) is 1.81. The normalized spacial score (nSPS) is 12.3. The molecule has 0 amide bonds. The van der Waals surface area contributed by atoms with Crippen molar-refractivity contribution in [1.82, 2.24) is 9.66 Å². The topological polar surface area (TPSA) is 65.7 Å². The third-order valence-corrected chi connectivity index (χ3v) is 6.22. The first-order valence-electron chi connectivity index (χ1n) is 11.2. The van der Waals surface area contributed by atoms with Crippen LogP contribution in [0.3, 0.4) is 0 Å². The van der Waals surface area contributed by atoms with Crippen molar-refractivity contribution >= 4 is 33.0 Å². The number of methoxy groups -OCH3 is 1. The highest BCUT2D eigenvalue weighted by Crippen LogP contribution is 2.31. The number of hydrogen-bond donors (Lipinski definition) is 0. The van der Waals surface area contributed by atoms with E-state index in [0.717, 1.165) is 16.5 Å². The Hall–Kier alpha value is -3.52. The van der Waals surface area contributed by atoms with Gasteiger partial charge in [-0.2, -0.15) is 9.78 Å². The fraction of sp³-hybridized carbons (Fsp3) is 0.222. The summed E-state index contributed by atoms with van der Waals surface area (Å²) in [6.45, 7) is 4.27. The molecular weight excluding hydrogens is 513 g/mol. The second-order valence-electron chi connectivity index (χ2n) is 8.10. The van der Waals surface area contributed by atoms with Gasteiger partial charge < -0.3 is 9.47 Å². The molecule has 1 heterocycles. The van der Waals surface area contributed by atoms with Crippen molar-refractivity contribution in [1.29, 1.82) is 0 Å². The van der Waals surface area contributed by atoms with E-state index in [9.17, 15) is 9.18 Å². The molecule has 180 valence electrons.